The molecule has 0 saturated carbocycles. The molecule has 0 fully saturated rings. The van der Waals surface area contributed by atoms with Crippen LogP contribution in [0.25, 0.3) is 11.4 Å². The summed E-state index contributed by atoms with van der Waals surface area (Å²) in [6.07, 6.45) is -4.02. The van der Waals surface area contributed by atoms with Gasteiger partial charge in [-0.2, -0.15) is 18.2 Å². The summed E-state index contributed by atoms with van der Waals surface area (Å²) < 4.78 is 41.5. The summed E-state index contributed by atoms with van der Waals surface area (Å²) in [7, 11) is 3.74. The Balaban J connectivity index is 2.05. The van der Waals surface area contributed by atoms with Crippen molar-refractivity contribution in [3.63, 3.8) is 0 Å². The van der Waals surface area contributed by atoms with Gasteiger partial charge in [0.05, 0.1) is 0 Å². The number of Topliss-reactive ketones (excluding diaryl/α,β-unsaturated/α-hetero) is 2. The minimum Gasteiger partial charge on any atom is -0.329 e. The first-order valence-electron chi connectivity index (χ1n) is 7.42. The number of halogens is 3. The topological polar surface area (TPSA) is 76.3 Å². The van der Waals surface area contributed by atoms with E-state index in [2.05, 4.69) is 14.7 Å². The smallest absolute Gasteiger partial charge is 0.329 e. The molecule has 0 amide bonds. The van der Waals surface area contributed by atoms with Gasteiger partial charge in [0, 0.05) is 17.5 Å². The van der Waals surface area contributed by atoms with Crippen molar-refractivity contribution in [1.29, 1.82) is 0 Å². The van der Waals surface area contributed by atoms with Gasteiger partial charge in [0.1, 0.15) is 0 Å². The minimum absolute atomic E-state index is 0.137. The van der Waals surface area contributed by atoms with Crippen molar-refractivity contribution in [2.24, 2.45) is 0 Å². The lowest BCUT2D eigenvalue weighted by molar-refractivity contribution is -0.159. The van der Waals surface area contributed by atoms with Gasteiger partial charge < -0.3 is 9.42 Å². The first-order valence-corrected chi connectivity index (χ1v) is 7.42. The summed E-state index contributed by atoms with van der Waals surface area (Å²) in [5, 5.41) is 3.26. The predicted molar refractivity (Wildman–Crippen MR) is 81.9 cm³/mol. The Morgan fingerprint density at radius 2 is 1.80 bits per heavy atom. The summed E-state index contributed by atoms with van der Waals surface area (Å²) in [6, 6.07) is 5.44. The van der Waals surface area contributed by atoms with Gasteiger partial charge in [-0.25, -0.2) is 0 Å². The van der Waals surface area contributed by atoms with Crippen LogP contribution in [-0.4, -0.2) is 47.2 Å². The molecule has 6 nitrogen and oxygen atoms in total. The molecule has 25 heavy (non-hydrogen) atoms. The van der Waals surface area contributed by atoms with Gasteiger partial charge in [-0.1, -0.05) is 29.4 Å². The van der Waals surface area contributed by atoms with E-state index in [-0.39, 0.29) is 23.4 Å². The third-order valence-electron chi connectivity index (χ3n) is 3.34. The van der Waals surface area contributed by atoms with E-state index in [1.165, 1.54) is 24.3 Å². The highest BCUT2D eigenvalue weighted by Gasteiger charge is 2.38. The Morgan fingerprint density at radius 1 is 1.16 bits per heavy atom. The average Bonchev–Trinajstić information content (AvgIpc) is 3.04. The molecule has 0 aliphatic heterocycles. The molecule has 1 aromatic heterocycles. The van der Waals surface area contributed by atoms with Gasteiger partial charge in [-0.05, 0) is 27.1 Å². The van der Waals surface area contributed by atoms with E-state index in [4.69, 9.17) is 0 Å². The highest BCUT2D eigenvalue weighted by molar-refractivity contribution is 6.43. The Kier molecular flexibility index (Phi) is 5.68. The van der Waals surface area contributed by atoms with Crippen molar-refractivity contribution in [2.45, 2.75) is 19.0 Å². The Hall–Kier alpha value is -2.55. The molecule has 0 radical (unpaired) electrons. The molecule has 0 unspecified atom stereocenters. The fourth-order valence-corrected chi connectivity index (χ4v) is 2.06. The van der Waals surface area contributed by atoms with Crippen molar-refractivity contribution in [3.05, 3.63) is 35.7 Å². The van der Waals surface area contributed by atoms with Crippen LogP contribution >= 0.6 is 0 Å². The standard InChI is InChI=1S/C16H16F3N3O3/c1-22(2)9-3-4-12(23)13(24)10-5-7-11(8-6-10)14-20-15(25-21-14)16(17,18)19/h5-8H,3-4,9H2,1-2H3. The molecule has 1 aromatic carbocycles. The van der Waals surface area contributed by atoms with Gasteiger partial charge in [0.25, 0.3) is 0 Å². The van der Waals surface area contributed by atoms with E-state index in [1.54, 1.807) is 0 Å². The molecular formula is C16H16F3N3O3. The Morgan fingerprint density at radius 3 is 2.32 bits per heavy atom. The number of hydrogen-bond donors (Lipinski definition) is 0. The first kappa shape index (κ1) is 18.8. The van der Waals surface area contributed by atoms with E-state index in [9.17, 15) is 22.8 Å². The van der Waals surface area contributed by atoms with Crippen LogP contribution in [0, 0.1) is 0 Å². The van der Waals surface area contributed by atoms with Gasteiger partial charge >= 0.3 is 12.1 Å². The van der Waals surface area contributed by atoms with Crippen LogP contribution in [0.4, 0.5) is 13.2 Å². The molecule has 9 heteroatoms. The number of aromatic nitrogens is 2. The Bertz CT molecular complexity index is 752. The van der Waals surface area contributed by atoms with E-state index < -0.39 is 23.6 Å². The summed E-state index contributed by atoms with van der Waals surface area (Å²) in [6.45, 7) is 0.692. The summed E-state index contributed by atoms with van der Waals surface area (Å²) >= 11 is 0. The van der Waals surface area contributed by atoms with E-state index in [0.717, 1.165) is 0 Å². The van der Waals surface area contributed by atoms with Gasteiger partial charge in [0.2, 0.25) is 17.4 Å². The number of ketones is 2. The molecule has 0 spiro atoms. The normalized spacial score (nSPS) is 11.8. The molecule has 0 atom stereocenters. The lowest BCUT2D eigenvalue weighted by atomic mass is 10.0. The van der Waals surface area contributed by atoms with Crippen LogP contribution < -0.4 is 0 Å². The molecule has 0 N–H and O–H groups in total. The highest BCUT2D eigenvalue weighted by atomic mass is 19.4. The molecule has 0 aliphatic carbocycles. The summed E-state index contributed by atoms with van der Waals surface area (Å²) in [5.41, 5.74) is 0.411. The number of nitrogens with zero attached hydrogens (tertiary/aromatic N) is 3. The van der Waals surface area contributed by atoms with E-state index >= 15 is 0 Å². The van der Waals surface area contributed by atoms with Gasteiger partial charge in [-0.3, -0.25) is 9.59 Å². The first-order chi connectivity index (χ1) is 11.7. The maximum Gasteiger partial charge on any atom is 0.471 e. The van der Waals surface area contributed by atoms with Crippen molar-refractivity contribution in [2.75, 3.05) is 20.6 Å². The molecule has 0 aliphatic rings. The summed E-state index contributed by atoms with van der Waals surface area (Å²) in [5.74, 6) is -2.83. The Labute approximate surface area is 141 Å². The van der Waals surface area contributed by atoms with Crippen molar-refractivity contribution < 1.29 is 27.3 Å². The molecular weight excluding hydrogens is 339 g/mol. The van der Waals surface area contributed by atoms with Crippen LogP contribution in [-0.2, 0) is 11.0 Å². The van der Waals surface area contributed by atoms with Crippen LogP contribution in [0.5, 0.6) is 0 Å². The molecule has 2 aromatic rings. The average molecular weight is 355 g/mol. The third kappa shape index (κ3) is 4.96. The zero-order valence-corrected chi connectivity index (χ0v) is 13.6. The zero-order valence-electron chi connectivity index (χ0n) is 13.6. The summed E-state index contributed by atoms with van der Waals surface area (Å²) in [4.78, 5) is 29.1. The van der Waals surface area contributed by atoms with E-state index in [0.29, 0.717) is 13.0 Å². The second-order valence-corrected chi connectivity index (χ2v) is 5.66. The monoisotopic (exact) mass is 355 g/mol. The molecule has 0 bridgehead atoms. The molecule has 0 saturated heterocycles. The number of alkyl halides is 3. The van der Waals surface area contributed by atoms with Crippen LogP contribution in [0.3, 0.4) is 0 Å². The minimum atomic E-state index is -4.72. The van der Waals surface area contributed by atoms with Gasteiger partial charge in [0.15, 0.2) is 0 Å². The van der Waals surface area contributed by atoms with Crippen LogP contribution in [0.1, 0.15) is 29.1 Å². The van der Waals surface area contributed by atoms with Gasteiger partial charge in [-0.15, -0.1) is 0 Å². The number of hydrogen-bond acceptors (Lipinski definition) is 6. The predicted octanol–water partition coefficient (Wildman–Crippen LogP) is 2.85. The molecule has 134 valence electrons. The maximum absolute atomic E-state index is 12.4. The number of carbonyl (C=O) groups is 2. The second-order valence-electron chi connectivity index (χ2n) is 5.66. The number of carbonyl (C=O) groups excluding carboxylic acids is 2. The fourth-order valence-electron chi connectivity index (χ4n) is 2.06. The van der Waals surface area contributed by atoms with Crippen molar-refractivity contribution in [3.8, 4) is 11.4 Å². The fraction of sp³-hybridized carbons (Fsp3) is 0.375. The largest absolute Gasteiger partial charge is 0.471 e. The second kappa shape index (κ2) is 7.56. The highest BCUT2D eigenvalue weighted by Crippen LogP contribution is 2.29. The zero-order chi connectivity index (χ0) is 18.6. The number of rotatable bonds is 7. The lowest BCUT2D eigenvalue weighted by Crippen LogP contribution is -2.18. The maximum atomic E-state index is 12.4. The van der Waals surface area contributed by atoms with Crippen LogP contribution in [0.2, 0.25) is 0 Å². The SMILES string of the molecule is CN(C)CCCC(=O)C(=O)c1ccc(-c2noc(C(F)(F)F)n2)cc1. The quantitative estimate of drug-likeness (QED) is 0.561. The lowest BCUT2D eigenvalue weighted by Gasteiger charge is -2.08. The third-order valence-corrected chi connectivity index (χ3v) is 3.34. The van der Waals surface area contributed by atoms with E-state index in [1.807, 2.05) is 19.0 Å². The van der Waals surface area contributed by atoms with Crippen LogP contribution in [0.15, 0.2) is 28.8 Å². The molecule has 1 heterocycles. The molecule has 2 rings (SSSR count). The number of benzene rings is 1. The van der Waals surface area contributed by atoms with Crippen molar-refractivity contribution in [1.82, 2.24) is 15.0 Å². The van der Waals surface area contributed by atoms with Crippen molar-refractivity contribution >= 4 is 11.6 Å².